The van der Waals surface area contributed by atoms with E-state index < -0.39 is 0 Å². The zero-order valence-electron chi connectivity index (χ0n) is 13.6. The highest BCUT2D eigenvalue weighted by Gasteiger charge is 2.39. The number of para-hydroxylation sites is 1. The third-order valence-electron chi connectivity index (χ3n) is 4.59. The van der Waals surface area contributed by atoms with Gasteiger partial charge in [0, 0.05) is 31.7 Å². The number of benzene rings is 1. The number of methoxy groups -OCH3 is 1. The standard InChI is InChI=1S/C17H19N5O2/c1-10-19-16(21-20-10)14-8-12(24-2)9-22(14)17(23)13-5-3-4-11-6-7-18-15(11)13/h3-7,12,14,18H,8-9H2,1-2H3,(H,19,20,21)/t12-,14+/m1/s1. The molecule has 1 aliphatic rings. The van der Waals surface area contributed by atoms with Crippen molar-refractivity contribution in [1.29, 1.82) is 0 Å². The van der Waals surface area contributed by atoms with E-state index in [1.165, 1.54) is 0 Å². The Morgan fingerprint density at radius 2 is 2.25 bits per heavy atom. The molecule has 0 saturated carbocycles. The van der Waals surface area contributed by atoms with Crippen molar-refractivity contribution in [2.24, 2.45) is 0 Å². The maximum Gasteiger partial charge on any atom is 0.256 e. The van der Waals surface area contributed by atoms with Crippen molar-refractivity contribution in [3.8, 4) is 0 Å². The van der Waals surface area contributed by atoms with Crippen LogP contribution in [0.15, 0.2) is 30.5 Å². The van der Waals surface area contributed by atoms with E-state index in [4.69, 9.17) is 4.74 Å². The molecule has 0 bridgehead atoms. The molecule has 124 valence electrons. The first-order chi connectivity index (χ1) is 11.7. The molecule has 2 aromatic heterocycles. The molecule has 7 nitrogen and oxygen atoms in total. The number of nitrogens with zero attached hydrogens (tertiary/aromatic N) is 3. The predicted octanol–water partition coefficient (Wildman–Crippen LogP) is 2.20. The van der Waals surface area contributed by atoms with Gasteiger partial charge in [-0.1, -0.05) is 12.1 Å². The Hall–Kier alpha value is -2.67. The van der Waals surface area contributed by atoms with Crippen LogP contribution < -0.4 is 0 Å². The highest BCUT2D eigenvalue weighted by molar-refractivity contribution is 6.05. The number of nitrogens with one attached hydrogen (secondary N) is 2. The molecule has 3 aromatic rings. The molecule has 0 spiro atoms. The molecule has 0 unspecified atom stereocenters. The summed E-state index contributed by atoms with van der Waals surface area (Å²) in [6, 6.07) is 7.52. The summed E-state index contributed by atoms with van der Waals surface area (Å²) in [5.41, 5.74) is 1.51. The monoisotopic (exact) mass is 325 g/mol. The van der Waals surface area contributed by atoms with Gasteiger partial charge in [0.05, 0.1) is 23.2 Å². The Kier molecular flexibility index (Phi) is 3.57. The Balaban J connectivity index is 1.72. The second-order valence-corrected chi connectivity index (χ2v) is 6.09. The first-order valence-electron chi connectivity index (χ1n) is 7.96. The number of amides is 1. The number of hydrogen-bond donors (Lipinski definition) is 2. The van der Waals surface area contributed by atoms with Crippen LogP contribution in [0.5, 0.6) is 0 Å². The van der Waals surface area contributed by atoms with Crippen LogP contribution in [0.3, 0.4) is 0 Å². The number of hydrogen-bond acceptors (Lipinski definition) is 4. The Morgan fingerprint density at radius 1 is 1.38 bits per heavy atom. The van der Waals surface area contributed by atoms with Crippen molar-refractivity contribution in [1.82, 2.24) is 25.1 Å². The number of likely N-dealkylation sites (tertiary alicyclic amines) is 1. The number of aromatic nitrogens is 4. The predicted molar refractivity (Wildman–Crippen MR) is 88.6 cm³/mol. The van der Waals surface area contributed by atoms with Crippen molar-refractivity contribution in [3.05, 3.63) is 47.7 Å². The summed E-state index contributed by atoms with van der Waals surface area (Å²) in [7, 11) is 1.67. The normalized spacial score (nSPS) is 20.8. The van der Waals surface area contributed by atoms with Gasteiger partial charge in [-0.15, -0.1) is 0 Å². The van der Waals surface area contributed by atoms with Crippen LogP contribution in [-0.4, -0.2) is 50.7 Å². The third-order valence-corrected chi connectivity index (χ3v) is 4.59. The van der Waals surface area contributed by atoms with Crippen LogP contribution in [0.25, 0.3) is 10.9 Å². The van der Waals surface area contributed by atoms with Crippen LogP contribution in [0.2, 0.25) is 0 Å². The zero-order valence-corrected chi connectivity index (χ0v) is 13.6. The van der Waals surface area contributed by atoms with Crippen molar-refractivity contribution < 1.29 is 9.53 Å². The average molecular weight is 325 g/mol. The fraction of sp³-hybridized carbons (Fsp3) is 0.353. The molecular formula is C17H19N5O2. The summed E-state index contributed by atoms with van der Waals surface area (Å²) < 4.78 is 5.49. The van der Waals surface area contributed by atoms with Gasteiger partial charge < -0.3 is 14.6 Å². The molecule has 1 aliphatic heterocycles. The minimum absolute atomic E-state index is 0.0133. The Labute approximate surface area is 139 Å². The molecular weight excluding hydrogens is 306 g/mol. The van der Waals surface area contributed by atoms with E-state index >= 15 is 0 Å². The van der Waals surface area contributed by atoms with Gasteiger partial charge in [0.15, 0.2) is 5.82 Å². The van der Waals surface area contributed by atoms with E-state index in [-0.39, 0.29) is 18.1 Å². The number of rotatable bonds is 3. The first kappa shape index (κ1) is 14.9. The first-order valence-corrected chi connectivity index (χ1v) is 7.96. The van der Waals surface area contributed by atoms with Gasteiger partial charge in [0.1, 0.15) is 5.82 Å². The SMILES string of the molecule is CO[C@@H]1C[C@@H](c2n[nH]c(C)n2)N(C(=O)c2cccc3cc[nH]c23)C1. The molecule has 1 fully saturated rings. The van der Waals surface area contributed by atoms with Gasteiger partial charge in [0.25, 0.3) is 5.91 Å². The number of aryl methyl sites for hydroxylation is 1. The number of carbonyl (C=O) groups excluding carboxylic acids is 1. The van der Waals surface area contributed by atoms with Crippen LogP contribution in [0.4, 0.5) is 0 Å². The zero-order chi connectivity index (χ0) is 16.7. The Bertz CT molecular complexity index is 884. The van der Waals surface area contributed by atoms with E-state index in [9.17, 15) is 4.79 Å². The smallest absolute Gasteiger partial charge is 0.256 e. The molecule has 1 amide bonds. The van der Waals surface area contributed by atoms with Crippen molar-refractivity contribution >= 4 is 16.8 Å². The molecule has 1 saturated heterocycles. The number of ether oxygens (including phenoxy) is 1. The average Bonchev–Trinajstić information content (AvgIpc) is 3.31. The number of H-pyrrole nitrogens is 2. The molecule has 2 N–H and O–H groups in total. The number of fused-ring (bicyclic) bond motifs is 1. The van der Waals surface area contributed by atoms with Gasteiger partial charge in [-0.2, -0.15) is 5.10 Å². The maximum absolute atomic E-state index is 13.2. The lowest BCUT2D eigenvalue weighted by molar-refractivity contribution is 0.0686. The van der Waals surface area contributed by atoms with Gasteiger partial charge in [-0.3, -0.25) is 9.89 Å². The molecule has 2 atom stereocenters. The van der Waals surface area contributed by atoms with E-state index in [0.29, 0.717) is 24.4 Å². The van der Waals surface area contributed by atoms with E-state index in [1.807, 2.05) is 42.3 Å². The summed E-state index contributed by atoms with van der Waals surface area (Å²) in [5, 5.41) is 8.13. The second kappa shape index (κ2) is 5.76. The van der Waals surface area contributed by atoms with Gasteiger partial charge >= 0.3 is 0 Å². The minimum atomic E-state index is -0.183. The summed E-state index contributed by atoms with van der Waals surface area (Å²) in [6.45, 7) is 2.38. The molecule has 24 heavy (non-hydrogen) atoms. The third kappa shape index (κ3) is 2.37. The second-order valence-electron chi connectivity index (χ2n) is 6.09. The van der Waals surface area contributed by atoms with Crippen LogP contribution in [-0.2, 0) is 4.74 Å². The molecule has 4 rings (SSSR count). The quantitative estimate of drug-likeness (QED) is 0.773. The topological polar surface area (TPSA) is 86.9 Å². The van der Waals surface area contributed by atoms with E-state index in [0.717, 1.165) is 16.7 Å². The molecule has 1 aromatic carbocycles. The van der Waals surface area contributed by atoms with Crippen LogP contribution in [0.1, 0.15) is 34.5 Å². The lowest BCUT2D eigenvalue weighted by atomic mass is 10.1. The van der Waals surface area contributed by atoms with E-state index in [2.05, 4.69) is 20.2 Å². The number of carbonyl (C=O) groups is 1. The van der Waals surface area contributed by atoms with Crippen LogP contribution >= 0.6 is 0 Å². The van der Waals surface area contributed by atoms with Crippen molar-refractivity contribution in [2.45, 2.75) is 25.5 Å². The summed E-state index contributed by atoms with van der Waals surface area (Å²) in [6.07, 6.45) is 2.53. The minimum Gasteiger partial charge on any atom is -0.380 e. The fourth-order valence-electron chi connectivity index (χ4n) is 3.36. The summed E-state index contributed by atoms with van der Waals surface area (Å²) >= 11 is 0. The summed E-state index contributed by atoms with van der Waals surface area (Å²) in [5.74, 6) is 1.35. The van der Waals surface area contributed by atoms with Gasteiger partial charge in [0.2, 0.25) is 0 Å². The Morgan fingerprint density at radius 3 is 3.00 bits per heavy atom. The molecule has 3 heterocycles. The fourth-order valence-corrected chi connectivity index (χ4v) is 3.36. The largest absolute Gasteiger partial charge is 0.380 e. The summed E-state index contributed by atoms with van der Waals surface area (Å²) in [4.78, 5) is 22.6. The highest BCUT2D eigenvalue weighted by atomic mass is 16.5. The lowest BCUT2D eigenvalue weighted by Gasteiger charge is -2.22. The van der Waals surface area contributed by atoms with E-state index in [1.54, 1.807) is 7.11 Å². The lowest BCUT2D eigenvalue weighted by Crippen LogP contribution is -2.32. The molecule has 0 radical (unpaired) electrons. The van der Waals surface area contributed by atoms with Crippen LogP contribution in [0, 0.1) is 6.92 Å². The number of aromatic amines is 2. The van der Waals surface area contributed by atoms with Gasteiger partial charge in [-0.25, -0.2) is 4.98 Å². The molecule has 7 heteroatoms. The molecule has 0 aliphatic carbocycles. The maximum atomic E-state index is 13.2. The highest BCUT2D eigenvalue weighted by Crippen LogP contribution is 2.33. The van der Waals surface area contributed by atoms with Gasteiger partial charge in [-0.05, 0) is 19.1 Å². The van der Waals surface area contributed by atoms with Crippen molar-refractivity contribution in [3.63, 3.8) is 0 Å². The van der Waals surface area contributed by atoms with Crippen molar-refractivity contribution in [2.75, 3.05) is 13.7 Å².